The van der Waals surface area contributed by atoms with Gasteiger partial charge >= 0.3 is 0 Å². The molecule has 0 saturated carbocycles. The summed E-state index contributed by atoms with van der Waals surface area (Å²) in [6.07, 6.45) is 2.68. The maximum Gasteiger partial charge on any atom is 0.274 e. The van der Waals surface area contributed by atoms with Crippen molar-refractivity contribution in [3.8, 4) is 0 Å². The number of hydrogen-bond donors (Lipinski definition) is 3. The van der Waals surface area contributed by atoms with Crippen LogP contribution in [0.3, 0.4) is 0 Å². The van der Waals surface area contributed by atoms with E-state index in [0.717, 1.165) is 5.82 Å². The summed E-state index contributed by atoms with van der Waals surface area (Å²) < 4.78 is 23.0. The fourth-order valence-electron chi connectivity index (χ4n) is 0.822. The van der Waals surface area contributed by atoms with Gasteiger partial charge < -0.3 is 0 Å². The van der Waals surface area contributed by atoms with Crippen LogP contribution < -0.4 is 9.86 Å². The quantitative estimate of drug-likeness (QED) is 0.509. The molecule has 1 heterocycles. The van der Waals surface area contributed by atoms with Gasteiger partial charge in [0.1, 0.15) is 12.2 Å². The highest BCUT2D eigenvalue weighted by Crippen LogP contribution is 1.91. The van der Waals surface area contributed by atoms with Crippen LogP contribution in [0.25, 0.3) is 0 Å². The van der Waals surface area contributed by atoms with E-state index >= 15 is 0 Å². The predicted octanol–water partition coefficient (Wildman–Crippen LogP) is -1.47. The van der Waals surface area contributed by atoms with Crippen molar-refractivity contribution in [3.63, 3.8) is 0 Å². The minimum absolute atomic E-state index is 0.305. The molecule has 0 aliphatic carbocycles. The van der Waals surface area contributed by atoms with Crippen LogP contribution in [-0.4, -0.2) is 30.1 Å². The molecule has 1 aromatic rings. The van der Waals surface area contributed by atoms with Gasteiger partial charge in [0.25, 0.3) is 10.2 Å². The first-order valence-electron chi connectivity index (χ1n) is 3.69. The first kappa shape index (κ1) is 10.1. The first-order valence-corrected chi connectivity index (χ1v) is 5.24. The number of nitrogens with two attached hydrogens (primary N) is 1. The number of H-pyrrole nitrogens is 1. The van der Waals surface area contributed by atoms with E-state index in [1.807, 2.05) is 0 Å². The SMILES string of the molecule is NS(=O)(=O)NCCCc1ncn[nH]1. The Kier molecular flexibility index (Phi) is 3.34. The van der Waals surface area contributed by atoms with Gasteiger partial charge in [-0.1, -0.05) is 0 Å². The Bertz CT molecular complexity index is 332. The van der Waals surface area contributed by atoms with E-state index in [9.17, 15) is 8.42 Å². The summed E-state index contributed by atoms with van der Waals surface area (Å²) in [5.41, 5.74) is 0. The number of aromatic amines is 1. The van der Waals surface area contributed by atoms with Crippen LogP contribution in [0, 0.1) is 0 Å². The Morgan fingerprint density at radius 2 is 2.38 bits per heavy atom. The lowest BCUT2D eigenvalue weighted by atomic mass is 10.3. The fraction of sp³-hybridized carbons (Fsp3) is 0.600. The zero-order valence-electron chi connectivity index (χ0n) is 6.90. The van der Waals surface area contributed by atoms with Crippen molar-refractivity contribution >= 4 is 10.2 Å². The topological polar surface area (TPSA) is 114 Å². The molecule has 8 heteroatoms. The fourth-order valence-corrected chi connectivity index (χ4v) is 1.25. The summed E-state index contributed by atoms with van der Waals surface area (Å²) >= 11 is 0. The number of rotatable bonds is 5. The average Bonchev–Trinajstić information content (AvgIpc) is 2.48. The number of hydrogen-bond acceptors (Lipinski definition) is 4. The van der Waals surface area contributed by atoms with Gasteiger partial charge in [0.2, 0.25) is 0 Å². The Morgan fingerprint density at radius 1 is 1.62 bits per heavy atom. The maximum absolute atomic E-state index is 10.4. The molecule has 0 amide bonds. The lowest BCUT2D eigenvalue weighted by Crippen LogP contribution is -2.31. The van der Waals surface area contributed by atoms with E-state index < -0.39 is 10.2 Å². The monoisotopic (exact) mass is 205 g/mol. The predicted molar refractivity (Wildman–Crippen MR) is 45.8 cm³/mol. The van der Waals surface area contributed by atoms with Crippen LogP contribution in [0.1, 0.15) is 12.2 Å². The zero-order chi connectivity index (χ0) is 9.73. The lowest BCUT2D eigenvalue weighted by molar-refractivity contribution is 0.580. The van der Waals surface area contributed by atoms with Crippen molar-refractivity contribution in [1.82, 2.24) is 19.9 Å². The third-order valence-electron chi connectivity index (χ3n) is 1.36. The van der Waals surface area contributed by atoms with Crippen molar-refractivity contribution in [2.45, 2.75) is 12.8 Å². The Balaban J connectivity index is 2.16. The Labute approximate surface area is 75.9 Å². The van der Waals surface area contributed by atoms with E-state index in [4.69, 9.17) is 5.14 Å². The molecule has 1 rings (SSSR count). The van der Waals surface area contributed by atoms with Gasteiger partial charge in [-0.2, -0.15) is 13.5 Å². The van der Waals surface area contributed by atoms with Gasteiger partial charge in [0.05, 0.1) is 0 Å². The third-order valence-corrected chi connectivity index (χ3v) is 1.97. The molecule has 0 radical (unpaired) electrons. The summed E-state index contributed by atoms with van der Waals surface area (Å²) in [4.78, 5) is 3.88. The first-order chi connectivity index (χ1) is 6.08. The minimum atomic E-state index is -3.56. The van der Waals surface area contributed by atoms with Gasteiger partial charge in [-0.3, -0.25) is 5.10 Å². The molecule has 0 bridgehead atoms. The van der Waals surface area contributed by atoms with Crippen molar-refractivity contribution in [2.75, 3.05) is 6.54 Å². The highest BCUT2D eigenvalue weighted by Gasteiger charge is 2.00. The number of nitrogens with zero attached hydrogens (tertiary/aromatic N) is 2. The van der Waals surface area contributed by atoms with E-state index in [-0.39, 0.29) is 0 Å². The number of aryl methyl sites for hydroxylation is 1. The van der Waals surface area contributed by atoms with Crippen molar-refractivity contribution in [1.29, 1.82) is 0 Å². The molecule has 0 aromatic carbocycles. The van der Waals surface area contributed by atoms with E-state index in [2.05, 4.69) is 19.9 Å². The average molecular weight is 205 g/mol. The Morgan fingerprint density at radius 3 is 2.92 bits per heavy atom. The second kappa shape index (κ2) is 4.30. The molecule has 13 heavy (non-hydrogen) atoms. The van der Waals surface area contributed by atoms with Crippen LogP contribution in [0.5, 0.6) is 0 Å². The van der Waals surface area contributed by atoms with Crippen molar-refractivity contribution < 1.29 is 8.42 Å². The minimum Gasteiger partial charge on any atom is -0.263 e. The molecule has 0 saturated heterocycles. The van der Waals surface area contributed by atoms with Gasteiger partial charge in [0.15, 0.2) is 0 Å². The maximum atomic E-state index is 10.4. The van der Waals surface area contributed by atoms with Crippen molar-refractivity contribution in [2.24, 2.45) is 5.14 Å². The third kappa shape index (κ3) is 4.55. The van der Waals surface area contributed by atoms with Crippen LogP contribution in [0.4, 0.5) is 0 Å². The highest BCUT2D eigenvalue weighted by atomic mass is 32.2. The second-order valence-electron chi connectivity index (χ2n) is 2.48. The van der Waals surface area contributed by atoms with E-state index in [1.165, 1.54) is 6.33 Å². The highest BCUT2D eigenvalue weighted by molar-refractivity contribution is 7.87. The van der Waals surface area contributed by atoms with Crippen LogP contribution in [0.2, 0.25) is 0 Å². The standard InChI is InChI=1S/C5H11N5O2S/c6-13(11,12)9-3-1-2-5-7-4-8-10-5/h4,9H,1-3H2,(H2,6,11,12)(H,7,8,10). The summed E-state index contributed by atoms with van der Waals surface area (Å²) in [5, 5.41) is 11.0. The molecule has 0 atom stereocenters. The zero-order valence-corrected chi connectivity index (χ0v) is 7.71. The molecule has 0 spiro atoms. The Hall–Kier alpha value is -0.990. The molecule has 0 fully saturated rings. The molecular weight excluding hydrogens is 194 g/mol. The summed E-state index contributed by atoms with van der Waals surface area (Å²) in [6, 6.07) is 0. The summed E-state index contributed by atoms with van der Waals surface area (Å²) in [6.45, 7) is 0.305. The van der Waals surface area contributed by atoms with Crippen LogP contribution in [0.15, 0.2) is 6.33 Å². The molecular formula is C5H11N5O2S. The molecule has 1 aromatic heterocycles. The van der Waals surface area contributed by atoms with Gasteiger partial charge in [-0.15, -0.1) is 0 Å². The molecule has 0 aliphatic heterocycles. The van der Waals surface area contributed by atoms with Crippen LogP contribution in [-0.2, 0) is 16.6 Å². The molecule has 0 aliphatic rings. The van der Waals surface area contributed by atoms with Gasteiger partial charge in [-0.05, 0) is 6.42 Å². The number of nitrogens with one attached hydrogen (secondary N) is 2. The van der Waals surface area contributed by atoms with E-state index in [1.54, 1.807) is 0 Å². The van der Waals surface area contributed by atoms with Gasteiger partial charge in [0, 0.05) is 13.0 Å². The number of aromatic nitrogens is 3. The smallest absolute Gasteiger partial charge is 0.263 e. The summed E-state index contributed by atoms with van der Waals surface area (Å²) in [5.74, 6) is 0.733. The van der Waals surface area contributed by atoms with Crippen molar-refractivity contribution in [3.05, 3.63) is 12.2 Å². The van der Waals surface area contributed by atoms with E-state index in [0.29, 0.717) is 19.4 Å². The summed E-state index contributed by atoms with van der Waals surface area (Å²) in [7, 11) is -3.56. The molecule has 0 unspecified atom stereocenters. The molecule has 74 valence electrons. The largest absolute Gasteiger partial charge is 0.274 e. The van der Waals surface area contributed by atoms with Gasteiger partial charge in [-0.25, -0.2) is 14.8 Å². The second-order valence-corrected chi connectivity index (χ2v) is 3.85. The molecule has 4 N–H and O–H groups in total. The van der Waals surface area contributed by atoms with Crippen LogP contribution >= 0.6 is 0 Å². The lowest BCUT2D eigenvalue weighted by Gasteiger charge is -1.99. The normalized spacial score (nSPS) is 11.8. The molecule has 7 nitrogen and oxygen atoms in total.